The molecule has 0 aromatic rings. The minimum atomic E-state index is -1.05. The lowest BCUT2D eigenvalue weighted by molar-refractivity contribution is -0.179. The summed E-state index contributed by atoms with van der Waals surface area (Å²) in [5.41, 5.74) is 0. The van der Waals surface area contributed by atoms with E-state index in [1.54, 1.807) is 6.92 Å². The molecule has 17 heavy (non-hydrogen) atoms. The summed E-state index contributed by atoms with van der Waals surface area (Å²) >= 11 is 0. The van der Waals surface area contributed by atoms with Gasteiger partial charge in [-0.3, -0.25) is 14.4 Å². The van der Waals surface area contributed by atoms with Crippen LogP contribution in [0.1, 0.15) is 26.2 Å². The minimum Gasteiger partial charge on any atom is -0.427 e. The molecule has 2 aliphatic heterocycles. The van der Waals surface area contributed by atoms with Crippen LogP contribution in [0.5, 0.6) is 0 Å². The molecule has 0 radical (unpaired) electrons. The summed E-state index contributed by atoms with van der Waals surface area (Å²) in [4.78, 5) is 38.2. The van der Waals surface area contributed by atoms with E-state index in [0.29, 0.717) is 18.1 Å². The summed E-state index contributed by atoms with van der Waals surface area (Å²) in [6.07, 6.45) is -0.929. The SMILES string of the molecule is C[C@H]1OCC[C@H]1OC(=O)ON1C(=O)CCC1=O. The van der Waals surface area contributed by atoms with E-state index in [1.165, 1.54) is 0 Å². The van der Waals surface area contributed by atoms with Crippen LogP contribution in [0.15, 0.2) is 0 Å². The van der Waals surface area contributed by atoms with E-state index in [-0.39, 0.29) is 18.9 Å². The number of hydroxylamine groups is 2. The third-order valence-corrected chi connectivity index (χ3v) is 2.73. The molecular formula is C10H13NO6. The van der Waals surface area contributed by atoms with Crippen LogP contribution in [0.4, 0.5) is 4.79 Å². The fourth-order valence-corrected chi connectivity index (χ4v) is 1.74. The lowest BCUT2D eigenvalue weighted by Gasteiger charge is -2.17. The van der Waals surface area contributed by atoms with Gasteiger partial charge in [-0.05, 0) is 6.92 Å². The molecule has 0 saturated carbocycles. The average Bonchev–Trinajstić information content (AvgIpc) is 2.80. The Morgan fingerprint density at radius 2 is 2.00 bits per heavy atom. The van der Waals surface area contributed by atoms with E-state index in [0.717, 1.165) is 0 Å². The molecule has 0 N–H and O–H groups in total. The van der Waals surface area contributed by atoms with Gasteiger partial charge in [0.15, 0.2) is 0 Å². The number of carbonyl (C=O) groups excluding carboxylic acids is 3. The van der Waals surface area contributed by atoms with Gasteiger partial charge >= 0.3 is 6.16 Å². The maximum atomic E-state index is 11.3. The van der Waals surface area contributed by atoms with Crippen molar-refractivity contribution in [3.05, 3.63) is 0 Å². The normalized spacial score (nSPS) is 28.6. The quantitative estimate of drug-likeness (QED) is 0.515. The fourth-order valence-electron chi connectivity index (χ4n) is 1.74. The molecule has 94 valence electrons. The molecule has 0 aromatic heterocycles. The predicted octanol–water partition coefficient (Wildman–Crippen LogP) is 0.381. The van der Waals surface area contributed by atoms with Gasteiger partial charge in [0, 0.05) is 19.3 Å². The Morgan fingerprint density at radius 3 is 2.53 bits per heavy atom. The van der Waals surface area contributed by atoms with Gasteiger partial charge in [-0.2, -0.15) is 0 Å². The molecule has 7 nitrogen and oxygen atoms in total. The van der Waals surface area contributed by atoms with Crippen LogP contribution in [0.2, 0.25) is 0 Å². The van der Waals surface area contributed by atoms with Crippen LogP contribution >= 0.6 is 0 Å². The third kappa shape index (κ3) is 2.55. The van der Waals surface area contributed by atoms with Gasteiger partial charge in [-0.1, -0.05) is 5.06 Å². The molecule has 0 spiro atoms. The average molecular weight is 243 g/mol. The van der Waals surface area contributed by atoms with E-state index in [2.05, 4.69) is 4.84 Å². The van der Waals surface area contributed by atoms with E-state index >= 15 is 0 Å². The lowest BCUT2D eigenvalue weighted by atomic mass is 10.2. The third-order valence-electron chi connectivity index (χ3n) is 2.73. The highest BCUT2D eigenvalue weighted by molar-refractivity contribution is 6.01. The monoisotopic (exact) mass is 243 g/mol. The first-order valence-electron chi connectivity index (χ1n) is 5.44. The van der Waals surface area contributed by atoms with Gasteiger partial charge in [0.1, 0.15) is 6.10 Å². The van der Waals surface area contributed by atoms with Crippen molar-refractivity contribution in [3.8, 4) is 0 Å². The highest BCUT2D eigenvalue weighted by Crippen LogP contribution is 2.18. The van der Waals surface area contributed by atoms with E-state index < -0.39 is 24.1 Å². The van der Waals surface area contributed by atoms with E-state index in [4.69, 9.17) is 9.47 Å². The maximum Gasteiger partial charge on any atom is 0.534 e. The molecule has 2 amide bonds. The van der Waals surface area contributed by atoms with Crippen molar-refractivity contribution in [2.45, 2.75) is 38.4 Å². The lowest BCUT2D eigenvalue weighted by Crippen LogP contribution is -2.34. The number of hydrogen-bond donors (Lipinski definition) is 0. The van der Waals surface area contributed by atoms with Gasteiger partial charge in [0.25, 0.3) is 11.8 Å². The fraction of sp³-hybridized carbons (Fsp3) is 0.700. The Hall–Kier alpha value is -1.63. The van der Waals surface area contributed by atoms with Crippen LogP contribution in [0, 0.1) is 0 Å². The highest BCUT2D eigenvalue weighted by atomic mass is 16.8. The molecule has 0 aliphatic carbocycles. The summed E-state index contributed by atoms with van der Waals surface area (Å²) in [5, 5.41) is 0.461. The summed E-state index contributed by atoms with van der Waals surface area (Å²) in [7, 11) is 0. The van der Waals surface area contributed by atoms with E-state index in [1.807, 2.05) is 0 Å². The molecule has 2 saturated heterocycles. The Morgan fingerprint density at radius 1 is 1.35 bits per heavy atom. The molecule has 2 atom stereocenters. The molecule has 0 unspecified atom stereocenters. The second-order valence-electron chi connectivity index (χ2n) is 3.94. The predicted molar refractivity (Wildman–Crippen MR) is 52.5 cm³/mol. The first-order valence-corrected chi connectivity index (χ1v) is 5.44. The Balaban J connectivity index is 1.84. The van der Waals surface area contributed by atoms with Gasteiger partial charge in [-0.15, -0.1) is 0 Å². The van der Waals surface area contributed by atoms with Gasteiger partial charge < -0.3 is 9.47 Å². The zero-order chi connectivity index (χ0) is 12.4. The number of rotatable bonds is 2. The molecule has 2 rings (SSSR count). The number of nitrogens with zero attached hydrogens (tertiary/aromatic N) is 1. The standard InChI is InChI=1S/C10H13NO6/c1-6-7(4-5-15-6)16-10(14)17-11-8(12)2-3-9(11)13/h6-7H,2-5H2,1H3/t6-,7-/m1/s1. The Bertz CT molecular complexity index is 339. The van der Waals surface area contributed by atoms with Gasteiger partial charge in [0.05, 0.1) is 12.7 Å². The van der Waals surface area contributed by atoms with Crippen molar-refractivity contribution in [1.29, 1.82) is 0 Å². The number of imide groups is 1. The minimum absolute atomic E-state index is 0.0645. The largest absolute Gasteiger partial charge is 0.534 e. The first-order chi connectivity index (χ1) is 8.08. The van der Waals surface area contributed by atoms with Crippen LogP contribution in [0.3, 0.4) is 0 Å². The Labute approximate surface area is 97.6 Å². The molecule has 7 heteroatoms. The zero-order valence-electron chi connectivity index (χ0n) is 9.38. The number of hydrogen-bond acceptors (Lipinski definition) is 6. The smallest absolute Gasteiger partial charge is 0.427 e. The van der Waals surface area contributed by atoms with Crippen LogP contribution in [-0.2, 0) is 23.9 Å². The number of carbonyl (C=O) groups is 3. The van der Waals surface area contributed by atoms with Crippen LogP contribution < -0.4 is 0 Å². The summed E-state index contributed by atoms with van der Waals surface area (Å²) in [6.45, 7) is 2.29. The second-order valence-corrected chi connectivity index (χ2v) is 3.94. The zero-order valence-corrected chi connectivity index (χ0v) is 9.38. The van der Waals surface area contributed by atoms with Crippen molar-refractivity contribution < 1.29 is 28.7 Å². The van der Waals surface area contributed by atoms with Crippen molar-refractivity contribution in [1.82, 2.24) is 5.06 Å². The first kappa shape index (κ1) is 11.8. The Kier molecular flexibility index (Phi) is 3.28. The molecule has 2 fully saturated rings. The van der Waals surface area contributed by atoms with Gasteiger partial charge in [-0.25, -0.2) is 4.79 Å². The number of ether oxygens (including phenoxy) is 2. The maximum absolute atomic E-state index is 11.3. The van der Waals surface area contributed by atoms with Crippen molar-refractivity contribution in [2.75, 3.05) is 6.61 Å². The molecule has 2 heterocycles. The van der Waals surface area contributed by atoms with Crippen molar-refractivity contribution >= 4 is 18.0 Å². The van der Waals surface area contributed by atoms with Gasteiger partial charge in [0.2, 0.25) is 0 Å². The van der Waals surface area contributed by atoms with E-state index in [9.17, 15) is 14.4 Å². The van der Waals surface area contributed by atoms with Crippen molar-refractivity contribution in [3.63, 3.8) is 0 Å². The van der Waals surface area contributed by atoms with Crippen molar-refractivity contribution in [2.24, 2.45) is 0 Å². The second kappa shape index (κ2) is 4.70. The molecule has 0 aromatic carbocycles. The number of amides is 2. The van der Waals surface area contributed by atoms with Crippen LogP contribution in [0.25, 0.3) is 0 Å². The summed E-state index contributed by atoms with van der Waals surface area (Å²) in [5.74, 6) is -1.05. The summed E-state index contributed by atoms with van der Waals surface area (Å²) in [6, 6.07) is 0. The summed E-state index contributed by atoms with van der Waals surface area (Å²) < 4.78 is 10.1. The molecular weight excluding hydrogens is 230 g/mol. The van der Waals surface area contributed by atoms with Crippen LogP contribution in [-0.4, -0.2) is 41.8 Å². The topological polar surface area (TPSA) is 82.1 Å². The highest BCUT2D eigenvalue weighted by Gasteiger charge is 2.35. The molecule has 0 bridgehead atoms. The molecule has 2 aliphatic rings.